The van der Waals surface area contributed by atoms with Crippen LogP contribution in [0.5, 0.6) is 6.01 Å². The quantitative estimate of drug-likeness (QED) is 0.111. The number of halogens is 1. The number of amides is 2. The number of nitrogens with zero attached hydrogens (tertiary/aromatic N) is 6. The molecule has 4 saturated heterocycles. The zero-order valence-corrected chi connectivity index (χ0v) is 41.9. The Balaban J connectivity index is 1.29. The topological polar surface area (TPSA) is 133 Å². The van der Waals surface area contributed by atoms with E-state index in [4.69, 9.17) is 24.4 Å². The number of carbonyl (C=O) groups excluding carboxylic acids is 1. The van der Waals surface area contributed by atoms with Crippen molar-refractivity contribution in [1.82, 2.24) is 24.8 Å². The number of rotatable bonds is 11. The average Bonchev–Trinajstić information content (AvgIpc) is 3.87. The van der Waals surface area contributed by atoms with Crippen LogP contribution in [0.25, 0.3) is 32.9 Å². The molecule has 2 bridgehead atoms. The Hall–Kier alpha value is -5.00. The molecule has 4 aliphatic heterocycles. The van der Waals surface area contributed by atoms with Gasteiger partial charge in [0.05, 0.1) is 28.7 Å². The number of hydrogen-bond acceptors (Lipinski definition) is 9. The maximum atomic E-state index is 18.0. The number of nitrogens with one attached hydrogen (secondary N) is 1. The Morgan fingerprint density at radius 3 is 2.14 bits per heavy atom. The standard InChI is InChI=1S/C52H70FN7O5Si/c1-12-34-23-52(24-35(13-2)27-59(52)26-34)30-64-48-56-46-41(47(57-48)58-28-37-17-18-38(29-58)60(37)50(62)63)25-54-45(44(46)53)40-19-20-42(55-49(61)65-51(9,10)11)39-16-14-15-36(43(39)40)21-22-66(31(3)4,32(5)6)33(7)8/h14-16,19-20,25,31-35,37-38H,12-13,17-18,23-24,26-30H2,1-11H3,(H,55,61)(H,62,63)/t34?,35?,37-,38+,52?. The Bertz CT molecular complexity index is 2520. The van der Waals surface area contributed by atoms with Crippen LogP contribution in [0.2, 0.25) is 16.6 Å². The van der Waals surface area contributed by atoms with Gasteiger partial charge in [-0.2, -0.15) is 9.97 Å². The van der Waals surface area contributed by atoms with Gasteiger partial charge in [0.15, 0.2) is 5.82 Å². The number of ether oxygens (including phenoxy) is 2. The average molecular weight is 920 g/mol. The largest absolute Gasteiger partial charge is 0.465 e. The zero-order chi connectivity index (χ0) is 47.5. The van der Waals surface area contributed by atoms with Crippen LogP contribution in [0.4, 0.5) is 25.5 Å². The van der Waals surface area contributed by atoms with E-state index < -0.39 is 31.7 Å². The summed E-state index contributed by atoms with van der Waals surface area (Å²) in [6, 6.07) is 9.03. The Morgan fingerprint density at radius 1 is 0.924 bits per heavy atom. The maximum Gasteiger partial charge on any atom is 0.412 e. The molecule has 6 heterocycles. The van der Waals surface area contributed by atoms with Crippen molar-refractivity contribution in [2.24, 2.45) is 11.8 Å². The van der Waals surface area contributed by atoms with E-state index in [9.17, 15) is 14.7 Å². The van der Waals surface area contributed by atoms with Gasteiger partial charge in [-0.05, 0) is 93.1 Å². The molecule has 2 amide bonds. The molecule has 2 unspecified atom stereocenters. The molecule has 0 spiro atoms. The minimum Gasteiger partial charge on any atom is -0.465 e. The summed E-state index contributed by atoms with van der Waals surface area (Å²) >= 11 is 0. The van der Waals surface area contributed by atoms with Crippen molar-refractivity contribution < 1.29 is 28.6 Å². The number of carboxylic acid groups (broad SMARTS) is 1. The van der Waals surface area contributed by atoms with Crippen LogP contribution >= 0.6 is 0 Å². The fourth-order valence-corrected chi connectivity index (χ4v) is 17.5. The third kappa shape index (κ3) is 8.70. The van der Waals surface area contributed by atoms with E-state index in [-0.39, 0.29) is 34.8 Å². The Morgan fingerprint density at radius 2 is 1.56 bits per heavy atom. The molecule has 0 aliphatic carbocycles. The molecule has 2 aromatic heterocycles. The molecule has 12 nitrogen and oxygen atoms in total. The molecule has 8 rings (SSSR count). The number of piperazine rings is 1. The molecule has 66 heavy (non-hydrogen) atoms. The van der Waals surface area contributed by atoms with E-state index in [0.29, 0.717) is 86.9 Å². The van der Waals surface area contributed by atoms with E-state index >= 15 is 4.39 Å². The first-order valence-corrected chi connectivity index (χ1v) is 26.6. The molecule has 0 radical (unpaired) electrons. The van der Waals surface area contributed by atoms with Crippen LogP contribution in [0.3, 0.4) is 0 Å². The number of carbonyl (C=O) groups is 2. The third-order valence-corrected chi connectivity index (χ3v) is 21.7. The summed E-state index contributed by atoms with van der Waals surface area (Å²) in [7, 11) is -2.21. The molecule has 354 valence electrons. The summed E-state index contributed by atoms with van der Waals surface area (Å²) in [5.41, 5.74) is 6.08. The molecule has 4 aliphatic rings. The maximum absolute atomic E-state index is 18.0. The van der Waals surface area contributed by atoms with Gasteiger partial charge in [0.2, 0.25) is 0 Å². The first-order chi connectivity index (χ1) is 31.3. The fourth-order valence-electron chi connectivity index (χ4n) is 12.3. The second kappa shape index (κ2) is 18.2. The summed E-state index contributed by atoms with van der Waals surface area (Å²) < 4.78 is 30.3. The van der Waals surface area contributed by atoms with Gasteiger partial charge in [-0.15, -0.1) is 5.54 Å². The highest BCUT2D eigenvalue weighted by Crippen LogP contribution is 2.47. The highest BCUT2D eigenvalue weighted by molar-refractivity contribution is 6.90. The van der Waals surface area contributed by atoms with E-state index in [0.717, 1.165) is 51.6 Å². The molecule has 2 aromatic carbocycles. The molecular formula is C52H70FN7O5Si. The van der Waals surface area contributed by atoms with Gasteiger partial charge in [0.25, 0.3) is 0 Å². The lowest BCUT2D eigenvalue weighted by atomic mass is 9.86. The van der Waals surface area contributed by atoms with Gasteiger partial charge < -0.3 is 19.5 Å². The lowest BCUT2D eigenvalue weighted by molar-refractivity contribution is 0.0636. The van der Waals surface area contributed by atoms with E-state index in [1.165, 1.54) is 0 Å². The van der Waals surface area contributed by atoms with Crippen LogP contribution < -0.4 is 15.0 Å². The summed E-state index contributed by atoms with van der Waals surface area (Å²) in [6.45, 7) is 26.9. The summed E-state index contributed by atoms with van der Waals surface area (Å²) in [4.78, 5) is 46.6. The third-order valence-electron chi connectivity index (χ3n) is 15.4. The second-order valence-electron chi connectivity index (χ2n) is 21.5. The minimum absolute atomic E-state index is 0.0802. The SMILES string of the molecule is CCC1CN2CC(CC)CC2(COc2nc(N3C[C@H]4CC[C@@H](C3)N4C(=O)O)c3cnc(-c4ccc(NC(=O)OC(C)(C)C)c5cccc(C#C[Si](C(C)C)(C(C)C)C(C)C)c45)c(F)c3n2)C1. The monoisotopic (exact) mass is 920 g/mol. The van der Waals surface area contributed by atoms with Gasteiger partial charge in [-0.1, -0.05) is 86.3 Å². The van der Waals surface area contributed by atoms with Crippen LogP contribution in [-0.4, -0.2) is 106 Å². The van der Waals surface area contributed by atoms with Gasteiger partial charge in [0, 0.05) is 54.3 Å². The molecule has 4 atom stereocenters. The molecule has 14 heteroatoms. The predicted molar refractivity (Wildman–Crippen MR) is 263 cm³/mol. The zero-order valence-electron chi connectivity index (χ0n) is 40.9. The molecular weight excluding hydrogens is 850 g/mol. The van der Waals surface area contributed by atoms with Crippen molar-refractivity contribution >= 4 is 53.4 Å². The van der Waals surface area contributed by atoms with Crippen LogP contribution in [0.15, 0.2) is 36.5 Å². The Kier molecular flexibility index (Phi) is 13.1. The Labute approximate surface area is 391 Å². The van der Waals surface area contributed by atoms with Crippen molar-refractivity contribution in [3.63, 3.8) is 0 Å². The van der Waals surface area contributed by atoms with Crippen molar-refractivity contribution in [1.29, 1.82) is 0 Å². The molecule has 4 fully saturated rings. The summed E-state index contributed by atoms with van der Waals surface area (Å²) in [6.07, 6.45) is 5.91. The highest BCUT2D eigenvalue weighted by Gasteiger charge is 2.52. The predicted octanol–water partition coefficient (Wildman–Crippen LogP) is 11.5. The number of fused-ring (bicyclic) bond motifs is 5. The second-order valence-corrected chi connectivity index (χ2v) is 27.1. The minimum atomic E-state index is -2.21. The van der Waals surface area contributed by atoms with Gasteiger partial charge in [-0.3, -0.25) is 20.1 Å². The number of benzene rings is 2. The van der Waals surface area contributed by atoms with Crippen molar-refractivity contribution in [3.05, 3.63) is 47.9 Å². The molecule has 0 saturated carbocycles. The summed E-state index contributed by atoms with van der Waals surface area (Å²) in [5.74, 6) is 4.67. The van der Waals surface area contributed by atoms with Crippen molar-refractivity contribution in [2.75, 3.05) is 43.0 Å². The van der Waals surface area contributed by atoms with Crippen LogP contribution in [0.1, 0.15) is 120 Å². The lowest BCUT2D eigenvalue weighted by Gasteiger charge is -2.40. The molecule has 2 N–H and O–H groups in total. The smallest absolute Gasteiger partial charge is 0.412 e. The van der Waals surface area contributed by atoms with Gasteiger partial charge in [-0.25, -0.2) is 14.0 Å². The summed E-state index contributed by atoms with van der Waals surface area (Å²) in [5, 5.41) is 14.8. The van der Waals surface area contributed by atoms with Crippen molar-refractivity contribution in [3.8, 4) is 28.7 Å². The van der Waals surface area contributed by atoms with Gasteiger partial charge >= 0.3 is 18.2 Å². The van der Waals surface area contributed by atoms with Crippen molar-refractivity contribution in [2.45, 2.75) is 155 Å². The normalized spacial score (nSPS) is 23.3. The van der Waals surface area contributed by atoms with Crippen LogP contribution in [-0.2, 0) is 4.74 Å². The van der Waals surface area contributed by atoms with E-state index in [1.807, 2.05) is 39.0 Å². The molecule has 4 aromatic rings. The number of pyridine rings is 1. The lowest BCUT2D eigenvalue weighted by Crippen LogP contribution is -2.55. The first kappa shape index (κ1) is 47.5. The van der Waals surface area contributed by atoms with E-state index in [1.54, 1.807) is 23.2 Å². The fraction of sp³-hybridized carbons (Fsp3) is 0.596. The number of anilines is 2. The first-order valence-electron chi connectivity index (χ1n) is 24.4. The van der Waals surface area contributed by atoms with E-state index in [2.05, 4.69) is 82.0 Å². The van der Waals surface area contributed by atoms with Gasteiger partial charge in [0.1, 0.15) is 37.3 Å². The number of hydrogen-bond donors (Lipinski definition) is 2. The number of aromatic nitrogens is 3. The highest BCUT2D eigenvalue weighted by atomic mass is 28.3. The van der Waals surface area contributed by atoms with Crippen LogP contribution in [0, 0.1) is 29.1 Å².